The van der Waals surface area contributed by atoms with Crippen molar-refractivity contribution in [2.24, 2.45) is 5.41 Å². The highest BCUT2D eigenvalue weighted by atomic mass is 16.5. The maximum absolute atomic E-state index is 10.9. The number of carbonyl (C=O) groups is 1. The zero-order chi connectivity index (χ0) is 14.8. The molecule has 1 fully saturated rings. The Balaban J connectivity index is 2.26. The summed E-state index contributed by atoms with van der Waals surface area (Å²) in [7, 11) is 0. The third kappa shape index (κ3) is 2.98. The monoisotopic (exact) mass is 278 g/mol. The normalized spacial score (nSPS) is 20.6. The van der Waals surface area contributed by atoms with E-state index in [4.69, 9.17) is 9.84 Å². The van der Waals surface area contributed by atoms with Crippen LogP contribution in [0.5, 0.6) is 0 Å². The Bertz CT molecular complexity index is 472. The molecule has 0 atom stereocenters. The van der Waals surface area contributed by atoms with E-state index in [2.05, 4.69) is 23.8 Å². The van der Waals surface area contributed by atoms with Crippen LogP contribution in [-0.2, 0) is 10.3 Å². The van der Waals surface area contributed by atoms with Crippen LogP contribution in [0.2, 0.25) is 0 Å². The molecule has 1 saturated carbocycles. The number of aromatic nitrogens is 2. The van der Waals surface area contributed by atoms with E-state index in [1.54, 1.807) is 0 Å². The summed E-state index contributed by atoms with van der Waals surface area (Å²) in [6.45, 7) is 7.09. The summed E-state index contributed by atoms with van der Waals surface area (Å²) in [5, 5.41) is 8.91. The molecule has 0 amide bonds. The molecule has 1 aliphatic carbocycles. The molecule has 0 aliphatic heterocycles. The van der Waals surface area contributed by atoms with Gasteiger partial charge in [0.2, 0.25) is 0 Å². The maximum atomic E-state index is 10.9. The molecule has 0 unspecified atom stereocenters. The first kappa shape index (κ1) is 14.9. The van der Waals surface area contributed by atoms with Crippen molar-refractivity contribution < 1.29 is 14.6 Å². The number of hydrogen-bond acceptors (Lipinski definition) is 4. The van der Waals surface area contributed by atoms with Gasteiger partial charge in [0.25, 0.3) is 0 Å². The fraction of sp³-hybridized carbons (Fsp3) is 0.667. The van der Waals surface area contributed by atoms with E-state index in [0.717, 1.165) is 25.7 Å². The Morgan fingerprint density at radius 1 is 1.25 bits per heavy atom. The number of aromatic carboxylic acids is 1. The minimum atomic E-state index is -1.01. The van der Waals surface area contributed by atoms with Gasteiger partial charge >= 0.3 is 5.97 Å². The Morgan fingerprint density at radius 3 is 2.25 bits per heavy atom. The molecular formula is C15H22N2O3. The van der Waals surface area contributed by atoms with Crippen LogP contribution >= 0.6 is 0 Å². The second-order valence-electron chi connectivity index (χ2n) is 6.19. The van der Waals surface area contributed by atoms with Gasteiger partial charge in [0, 0.05) is 19.0 Å². The number of hydrogen-bond donors (Lipinski definition) is 1. The van der Waals surface area contributed by atoms with E-state index < -0.39 is 11.6 Å². The molecule has 5 heteroatoms. The first-order chi connectivity index (χ1) is 9.38. The van der Waals surface area contributed by atoms with Crippen molar-refractivity contribution in [1.82, 2.24) is 9.97 Å². The molecule has 0 spiro atoms. The highest BCUT2D eigenvalue weighted by Gasteiger charge is 2.42. The summed E-state index contributed by atoms with van der Waals surface area (Å²) in [4.78, 5) is 19.4. The predicted octanol–water partition coefficient (Wildman–Crippen LogP) is 3.01. The Hall–Kier alpha value is -1.49. The molecule has 1 aliphatic rings. The van der Waals surface area contributed by atoms with Crippen LogP contribution in [0.3, 0.4) is 0 Å². The second kappa shape index (κ2) is 5.48. The summed E-state index contributed by atoms with van der Waals surface area (Å²) in [5.41, 5.74) is -0.0281. The molecule has 1 aromatic heterocycles. The Morgan fingerprint density at radius 2 is 1.80 bits per heavy atom. The van der Waals surface area contributed by atoms with Gasteiger partial charge in [-0.15, -0.1) is 0 Å². The standard InChI is InChI=1S/C15H22N2O3/c1-4-20-15(7-5-14(2,3)6-8-15)13-16-9-11(10-17-13)12(18)19/h9-10H,4-8H2,1-3H3,(H,18,19). The Kier molecular flexibility index (Phi) is 4.09. The van der Waals surface area contributed by atoms with Gasteiger partial charge in [-0.3, -0.25) is 0 Å². The van der Waals surface area contributed by atoms with Gasteiger partial charge in [-0.2, -0.15) is 0 Å². The average Bonchev–Trinajstić information content (AvgIpc) is 2.42. The van der Waals surface area contributed by atoms with E-state index in [1.165, 1.54) is 12.4 Å². The molecule has 0 saturated heterocycles. The van der Waals surface area contributed by atoms with E-state index in [9.17, 15) is 4.79 Å². The van der Waals surface area contributed by atoms with Crippen LogP contribution in [0.4, 0.5) is 0 Å². The summed E-state index contributed by atoms with van der Waals surface area (Å²) in [6.07, 6.45) is 6.59. The van der Waals surface area contributed by atoms with Crippen LogP contribution in [0, 0.1) is 5.41 Å². The lowest BCUT2D eigenvalue weighted by molar-refractivity contribution is -0.0948. The predicted molar refractivity (Wildman–Crippen MR) is 74.5 cm³/mol. The van der Waals surface area contributed by atoms with Crippen molar-refractivity contribution in [2.45, 2.75) is 52.1 Å². The van der Waals surface area contributed by atoms with Crippen molar-refractivity contribution in [3.8, 4) is 0 Å². The van der Waals surface area contributed by atoms with E-state index >= 15 is 0 Å². The lowest BCUT2D eigenvalue weighted by atomic mass is 9.70. The van der Waals surface area contributed by atoms with E-state index in [0.29, 0.717) is 17.8 Å². The van der Waals surface area contributed by atoms with Crippen molar-refractivity contribution in [3.63, 3.8) is 0 Å². The minimum Gasteiger partial charge on any atom is -0.478 e. The maximum Gasteiger partial charge on any atom is 0.338 e. The van der Waals surface area contributed by atoms with Crippen LogP contribution in [-0.4, -0.2) is 27.7 Å². The van der Waals surface area contributed by atoms with Gasteiger partial charge in [0.15, 0.2) is 5.82 Å². The minimum absolute atomic E-state index is 0.108. The van der Waals surface area contributed by atoms with Crippen molar-refractivity contribution >= 4 is 5.97 Å². The molecule has 1 aromatic rings. The lowest BCUT2D eigenvalue weighted by Gasteiger charge is -2.42. The SMILES string of the molecule is CCOC1(c2ncc(C(=O)O)cn2)CCC(C)(C)CC1. The molecule has 0 aromatic carbocycles. The number of ether oxygens (including phenoxy) is 1. The van der Waals surface area contributed by atoms with Crippen molar-refractivity contribution in [3.05, 3.63) is 23.8 Å². The smallest absolute Gasteiger partial charge is 0.338 e. The molecule has 0 radical (unpaired) electrons. The molecule has 2 rings (SSSR count). The van der Waals surface area contributed by atoms with Gasteiger partial charge in [-0.1, -0.05) is 13.8 Å². The van der Waals surface area contributed by atoms with Crippen molar-refractivity contribution in [2.75, 3.05) is 6.61 Å². The molecule has 1 N–H and O–H groups in total. The fourth-order valence-corrected chi connectivity index (χ4v) is 2.71. The number of carboxylic acids is 1. The van der Waals surface area contributed by atoms with Gasteiger partial charge in [-0.25, -0.2) is 14.8 Å². The molecule has 0 bridgehead atoms. The highest BCUT2D eigenvalue weighted by Crippen LogP contribution is 2.46. The van der Waals surface area contributed by atoms with Crippen LogP contribution in [0.1, 0.15) is 62.6 Å². The fourth-order valence-electron chi connectivity index (χ4n) is 2.71. The first-order valence-corrected chi connectivity index (χ1v) is 7.08. The number of nitrogens with zero attached hydrogens (tertiary/aromatic N) is 2. The summed E-state index contributed by atoms with van der Waals surface area (Å²) in [6, 6.07) is 0. The molecular weight excluding hydrogens is 256 g/mol. The van der Waals surface area contributed by atoms with Gasteiger partial charge in [0.1, 0.15) is 5.60 Å². The average molecular weight is 278 g/mol. The second-order valence-corrected chi connectivity index (χ2v) is 6.19. The molecule has 20 heavy (non-hydrogen) atoms. The zero-order valence-electron chi connectivity index (χ0n) is 12.3. The Labute approximate surface area is 119 Å². The van der Waals surface area contributed by atoms with Crippen molar-refractivity contribution in [1.29, 1.82) is 0 Å². The summed E-state index contributed by atoms with van der Waals surface area (Å²) < 4.78 is 5.98. The van der Waals surface area contributed by atoms with Gasteiger partial charge < -0.3 is 9.84 Å². The highest BCUT2D eigenvalue weighted by molar-refractivity contribution is 5.86. The zero-order valence-corrected chi connectivity index (χ0v) is 12.3. The van der Waals surface area contributed by atoms with Crippen LogP contribution in [0.25, 0.3) is 0 Å². The topological polar surface area (TPSA) is 72.3 Å². The quantitative estimate of drug-likeness (QED) is 0.916. The molecule has 110 valence electrons. The van der Waals surface area contributed by atoms with E-state index in [-0.39, 0.29) is 5.56 Å². The largest absolute Gasteiger partial charge is 0.478 e. The number of rotatable bonds is 4. The summed E-state index contributed by atoms with van der Waals surface area (Å²) in [5.74, 6) is -0.397. The lowest BCUT2D eigenvalue weighted by Crippen LogP contribution is -2.38. The van der Waals surface area contributed by atoms with E-state index in [1.807, 2.05) is 6.92 Å². The molecule has 5 nitrogen and oxygen atoms in total. The van der Waals surface area contributed by atoms with Gasteiger partial charge in [-0.05, 0) is 38.0 Å². The van der Waals surface area contributed by atoms with Crippen LogP contribution < -0.4 is 0 Å². The van der Waals surface area contributed by atoms with Crippen LogP contribution in [0.15, 0.2) is 12.4 Å². The number of carboxylic acid groups (broad SMARTS) is 1. The third-order valence-electron chi connectivity index (χ3n) is 4.14. The first-order valence-electron chi connectivity index (χ1n) is 7.08. The third-order valence-corrected chi connectivity index (χ3v) is 4.14. The molecule has 1 heterocycles. The summed E-state index contributed by atoms with van der Waals surface area (Å²) >= 11 is 0. The van der Waals surface area contributed by atoms with Gasteiger partial charge in [0.05, 0.1) is 5.56 Å².